The number of unbranched alkanes of at least 4 members (excludes halogenated alkanes) is 10. The molecule has 0 aliphatic rings. The molecule has 2 nitrogen and oxygen atoms in total. The average molecular weight is 309 g/mol. The van der Waals surface area contributed by atoms with Gasteiger partial charge < -0.3 is 5.11 Å². The fourth-order valence-electron chi connectivity index (χ4n) is 2.42. The predicted molar refractivity (Wildman–Crippen MR) is 96.2 cm³/mol. The van der Waals surface area contributed by atoms with E-state index in [2.05, 4.69) is 31.2 Å². The minimum atomic E-state index is -0.669. The predicted octanol–water partition coefficient (Wildman–Crippen LogP) is 6.66. The van der Waals surface area contributed by atoms with Gasteiger partial charge in [0, 0.05) is 6.42 Å². The summed E-state index contributed by atoms with van der Waals surface area (Å²) >= 11 is 0. The highest BCUT2D eigenvalue weighted by molar-refractivity contribution is 5.66. The first-order valence-electron chi connectivity index (χ1n) is 9.29. The minimum Gasteiger partial charge on any atom is -0.481 e. The first-order chi connectivity index (χ1) is 10.8. The van der Waals surface area contributed by atoms with Crippen molar-refractivity contribution in [3.63, 3.8) is 0 Å². The Bertz CT molecular complexity index is 292. The highest BCUT2D eigenvalue weighted by Crippen LogP contribution is 2.08. The Morgan fingerprint density at radius 1 is 0.682 bits per heavy atom. The van der Waals surface area contributed by atoms with Crippen LogP contribution in [-0.4, -0.2) is 11.1 Å². The lowest BCUT2D eigenvalue weighted by Crippen LogP contribution is -1.93. The summed E-state index contributed by atoms with van der Waals surface area (Å²) in [5.74, 6) is -0.669. The van der Waals surface area contributed by atoms with Gasteiger partial charge >= 0.3 is 5.97 Å². The van der Waals surface area contributed by atoms with Crippen molar-refractivity contribution in [3.05, 3.63) is 24.3 Å². The van der Waals surface area contributed by atoms with Crippen LogP contribution in [0.2, 0.25) is 0 Å². The summed E-state index contributed by atoms with van der Waals surface area (Å²) in [6.07, 6.45) is 25.2. The van der Waals surface area contributed by atoms with Crippen molar-refractivity contribution in [2.75, 3.05) is 0 Å². The average Bonchev–Trinajstić information content (AvgIpc) is 2.50. The zero-order valence-electron chi connectivity index (χ0n) is 14.6. The van der Waals surface area contributed by atoms with E-state index in [1.54, 1.807) is 0 Å². The summed E-state index contributed by atoms with van der Waals surface area (Å²) in [5, 5.41) is 8.53. The lowest BCUT2D eigenvalue weighted by atomic mass is 10.1. The molecule has 1 N–H and O–H groups in total. The molecule has 0 aromatic carbocycles. The second-order valence-electron chi connectivity index (χ2n) is 6.07. The van der Waals surface area contributed by atoms with Crippen LogP contribution in [-0.2, 0) is 4.79 Å². The van der Waals surface area contributed by atoms with Crippen molar-refractivity contribution in [2.24, 2.45) is 0 Å². The fourth-order valence-corrected chi connectivity index (χ4v) is 2.42. The summed E-state index contributed by atoms with van der Waals surface area (Å²) in [5.41, 5.74) is 0. The van der Waals surface area contributed by atoms with Crippen LogP contribution in [0.25, 0.3) is 0 Å². The molecule has 2 heteroatoms. The number of rotatable bonds is 16. The molecule has 0 aromatic heterocycles. The van der Waals surface area contributed by atoms with Crippen molar-refractivity contribution in [1.82, 2.24) is 0 Å². The van der Waals surface area contributed by atoms with Gasteiger partial charge in [0.1, 0.15) is 0 Å². The number of carboxylic acids is 1. The Balaban J connectivity index is 3.17. The molecule has 0 bridgehead atoms. The maximum Gasteiger partial charge on any atom is 0.303 e. The fraction of sp³-hybridized carbons (Fsp3) is 0.750. The molecule has 0 aliphatic heterocycles. The van der Waals surface area contributed by atoms with E-state index >= 15 is 0 Å². The van der Waals surface area contributed by atoms with E-state index in [1.165, 1.54) is 64.2 Å². The van der Waals surface area contributed by atoms with Gasteiger partial charge in [0.15, 0.2) is 0 Å². The maximum absolute atomic E-state index is 10.3. The second kappa shape index (κ2) is 18.0. The van der Waals surface area contributed by atoms with Gasteiger partial charge in [0.05, 0.1) is 0 Å². The van der Waals surface area contributed by atoms with E-state index in [1.807, 2.05) is 0 Å². The molecule has 0 unspecified atom stereocenters. The molecule has 0 saturated heterocycles. The molecular formula is C20H36O2. The number of hydrogen-bond donors (Lipinski definition) is 1. The minimum absolute atomic E-state index is 0.325. The normalized spacial score (nSPS) is 11.7. The second-order valence-corrected chi connectivity index (χ2v) is 6.07. The maximum atomic E-state index is 10.3. The van der Waals surface area contributed by atoms with Crippen LogP contribution in [0.1, 0.15) is 96.8 Å². The van der Waals surface area contributed by atoms with E-state index in [0.29, 0.717) is 6.42 Å². The van der Waals surface area contributed by atoms with Crippen LogP contribution in [0.4, 0.5) is 0 Å². The number of carbonyl (C=O) groups is 1. The van der Waals surface area contributed by atoms with Crippen molar-refractivity contribution in [2.45, 2.75) is 96.8 Å². The van der Waals surface area contributed by atoms with Crippen molar-refractivity contribution in [3.8, 4) is 0 Å². The molecule has 0 heterocycles. The Morgan fingerprint density at radius 2 is 1.14 bits per heavy atom. The molecule has 0 atom stereocenters. The molecule has 0 amide bonds. The Morgan fingerprint density at radius 3 is 1.68 bits per heavy atom. The summed E-state index contributed by atoms with van der Waals surface area (Å²) in [6, 6.07) is 0. The van der Waals surface area contributed by atoms with Gasteiger partial charge in [0.25, 0.3) is 0 Å². The van der Waals surface area contributed by atoms with E-state index in [-0.39, 0.29) is 0 Å². The van der Waals surface area contributed by atoms with E-state index in [0.717, 1.165) is 19.3 Å². The summed E-state index contributed by atoms with van der Waals surface area (Å²) in [6.45, 7) is 2.25. The SMILES string of the molecule is CCCCCCC=CCCC=CCCCCCCCC(=O)O. The molecule has 0 radical (unpaired) electrons. The van der Waals surface area contributed by atoms with Gasteiger partial charge in [-0.3, -0.25) is 4.79 Å². The monoisotopic (exact) mass is 308 g/mol. The Hall–Kier alpha value is -1.05. The lowest BCUT2D eigenvalue weighted by Gasteiger charge is -1.98. The summed E-state index contributed by atoms with van der Waals surface area (Å²) in [4.78, 5) is 10.3. The third-order valence-corrected chi connectivity index (χ3v) is 3.82. The first-order valence-corrected chi connectivity index (χ1v) is 9.29. The van der Waals surface area contributed by atoms with E-state index in [9.17, 15) is 4.79 Å². The number of hydrogen-bond acceptors (Lipinski definition) is 1. The van der Waals surface area contributed by atoms with Gasteiger partial charge in [-0.15, -0.1) is 0 Å². The van der Waals surface area contributed by atoms with Crippen LogP contribution in [0.15, 0.2) is 24.3 Å². The first kappa shape index (κ1) is 20.9. The molecule has 0 aromatic rings. The number of carboxylic acid groups (broad SMARTS) is 1. The Labute approximate surface area is 137 Å². The summed E-state index contributed by atoms with van der Waals surface area (Å²) in [7, 11) is 0. The zero-order valence-corrected chi connectivity index (χ0v) is 14.6. The van der Waals surface area contributed by atoms with E-state index in [4.69, 9.17) is 5.11 Å². The molecule has 0 rings (SSSR count). The standard InChI is InChI=1S/C20H36O2/c1-2-3-4-5-6-7-8-9-10-11-12-13-14-15-16-17-18-19-20(21)22/h7-8,11-12H,2-6,9-10,13-19H2,1H3,(H,21,22). The van der Waals surface area contributed by atoms with Crippen LogP contribution < -0.4 is 0 Å². The zero-order chi connectivity index (χ0) is 16.3. The van der Waals surface area contributed by atoms with Crippen LogP contribution in [0.5, 0.6) is 0 Å². The third kappa shape index (κ3) is 18.9. The third-order valence-electron chi connectivity index (χ3n) is 3.82. The topological polar surface area (TPSA) is 37.3 Å². The summed E-state index contributed by atoms with van der Waals surface area (Å²) < 4.78 is 0. The molecule has 128 valence electrons. The van der Waals surface area contributed by atoms with Crippen molar-refractivity contribution in [1.29, 1.82) is 0 Å². The molecule has 0 aliphatic carbocycles. The molecule has 22 heavy (non-hydrogen) atoms. The highest BCUT2D eigenvalue weighted by Gasteiger charge is 1.95. The van der Waals surface area contributed by atoms with Gasteiger partial charge in [0.2, 0.25) is 0 Å². The lowest BCUT2D eigenvalue weighted by molar-refractivity contribution is -0.137. The van der Waals surface area contributed by atoms with Crippen molar-refractivity contribution < 1.29 is 9.90 Å². The van der Waals surface area contributed by atoms with Gasteiger partial charge in [-0.1, -0.05) is 69.8 Å². The van der Waals surface area contributed by atoms with Gasteiger partial charge in [-0.05, 0) is 44.9 Å². The molecular weight excluding hydrogens is 272 g/mol. The largest absolute Gasteiger partial charge is 0.481 e. The quantitative estimate of drug-likeness (QED) is 0.255. The molecule has 0 fully saturated rings. The molecule has 0 spiro atoms. The van der Waals surface area contributed by atoms with Crippen LogP contribution in [0, 0.1) is 0 Å². The van der Waals surface area contributed by atoms with Crippen molar-refractivity contribution >= 4 is 5.97 Å². The number of aliphatic carboxylic acids is 1. The van der Waals surface area contributed by atoms with Gasteiger partial charge in [-0.2, -0.15) is 0 Å². The number of allylic oxidation sites excluding steroid dienone is 4. The van der Waals surface area contributed by atoms with Crippen LogP contribution in [0.3, 0.4) is 0 Å². The Kier molecular flexibility index (Phi) is 17.1. The van der Waals surface area contributed by atoms with Gasteiger partial charge in [-0.25, -0.2) is 0 Å². The highest BCUT2D eigenvalue weighted by atomic mass is 16.4. The van der Waals surface area contributed by atoms with E-state index < -0.39 is 5.97 Å². The molecule has 0 saturated carbocycles. The smallest absolute Gasteiger partial charge is 0.303 e. The van der Waals surface area contributed by atoms with Crippen LogP contribution >= 0.6 is 0 Å².